The third kappa shape index (κ3) is 5.97. The molecule has 0 unspecified atom stereocenters. The smallest absolute Gasteiger partial charge is 0.408 e. The van der Waals surface area contributed by atoms with E-state index in [1.165, 1.54) is 7.11 Å². The van der Waals surface area contributed by atoms with E-state index in [4.69, 9.17) is 24.2 Å². The molecule has 4 aliphatic rings. The van der Waals surface area contributed by atoms with Crippen LogP contribution >= 0.6 is 0 Å². The Hall–Kier alpha value is -5.63. The summed E-state index contributed by atoms with van der Waals surface area (Å²) in [7, 11) is 2.95. The van der Waals surface area contributed by atoms with Crippen molar-refractivity contribution >= 4 is 39.9 Å². The summed E-state index contributed by atoms with van der Waals surface area (Å²) in [5, 5.41) is 15.1. The van der Waals surface area contributed by atoms with Crippen molar-refractivity contribution in [1.29, 1.82) is 0 Å². The van der Waals surface area contributed by atoms with Gasteiger partial charge in [-0.3, -0.25) is 9.69 Å². The molecule has 304 valence electrons. The number of nitrogens with zero attached hydrogens (tertiary/aromatic N) is 4. The number of nitrogens with one attached hydrogen (secondary N) is 3. The maximum Gasteiger partial charge on any atom is 0.408 e. The number of rotatable bonds is 8. The summed E-state index contributed by atoms with van der Waals surface area (Å²) >= 11 is 0. The average molecular weight is 790 g/mol. The first-order valence-electron chi connectivity index (χ1n) is 20.2. The van der Waals surface area contributed by atoms with Gasteiger partial charge in [0, 0.05) is 36.6 Å². The van der Waals surface area contributed by atoms with Gasteiger partial charge in [-0.1, -0.05) is 52.8 Å². The Balaban J connectivity index is 1.01. The molecule has 14 heteroatoms. The molecule has 4 N–H and O–H groups in total. The molecular weight excluding hydrogens is 739 g/mol. The lowest BCUT2D eigenvalue weighted by Crippen LogP contribution is -2.53. The molecule has 1 aliphatic carbocycles. The number of piperidine rings is 1. The van der Waals surface area contributed by atoms with Crippen LogP contribution in [-0.2, 0) is 26.4 Å². The van der Waals surface area contributed by atoms with E-state index in [0.717, 1.165) is 74.2 Å². The first kappa shape index (κ1) is 37.9. The Morgan fingerprint density at radius 1 is 1.07 bits per heavy atom. The number of methoxy groups -OCH3 is 2. The van der Waals surface area contributed by atoms with Gasteiger partial charge in [0.2, 0.25) is 5.91 Å². The van der Waals surface area contributed by atoms with Crippen molar-refractivity contribution in [3.05, 3.63) is 65.9 Å². The Morgan fingerprint density at radius 3 is 2.60 bits per heavy atom. The maximum absolute atomic E-state index is 14.0. The molecule has 58 heavy (non-hydrogen) atoms. The number of hydrogen-bond donors (Lipinski definition) is 4. The van der Waals surface area contributed by atoms with E-state index in [0.29, 0.717) is 37.9 Å². The highest BCUT2D eigenvalue weighted by Gasteiger charge is 2.58. The number of aromatic amines is 2. The third-order valence-electron chi connectivity index (χ3n) is 13.1. The minimum atomic E-state index is -0.966. The molecule has 0 spiro atoms. The van der Waals surface area contributed by atoms with Crippen molar-refractivity contribution in [1.82, 2.24) is 35.1 Å². The summed E-state index contributed by atoms with van der Waals surface area (Å²) < 4.78 is 16.7. The number of carbonyl (C=O) groups is 3. The second kappa shape index (κ2) is 13.7. The highest BCUT2D eigenvalue weighted by Crippen LogP contribution is 2.54. The van der Waals surface area contributed by atoms with E-state index in [1.807, 2.05) is 24.8 Å². The predicted molar refractivity (Wildman–Crippen MR) is 217 cm³/mol. The molecule has 9 rings (SSSR count). The Morgan fingerprint density at radius 2 is 1.88 bits per heavy atom. The van der Waals surface area contributed by atoms with Gasteiger partial charge in [-0.15, -0.1) is 0 Å². The minimum Gasteiger partial charge on any atom is -0.488 e. The highest BCUT2D eigenvalue weighted by molar-refractivity contribution is 6.07. The zero-order valence-corrected chi connectivity index (χ0v) is 34.0. The number of imidazole rings is 2. The Bertz CT molecular complexity index is 2470. The number of ether oxygens (including phenoxy) is 3. The number of H-pyrrole nitrogens is 2. The maximum atomic E-state index is 14.0. The van der Waals surface area contributed by atoms with Gasteiger partial charge in [-0.25, -0.2) is 19.6 Å². The molecule has 0 bridgehead atoms. The molecule has 2 aromatic heterocycles. The summed E-state index contributed by atoms with van der Waals surface area (Å²) in [6.45, 7) is 11.3. The number of likely N-dealkylation sites (tertiary alicyclic amines) is 2. The normalized spacial score (nSPS) is 24.1. The Kier molecular flexibility index (Phi) is 8.99. The van der Waals surface area contributed by atoms with Crippen molar-refractivity contribution in [3.8, 4) is 28.1 Å². The molecule has 5 heterocycles. The summed E-state index contributed by atoms with van der Waals surface area (Å²) in [6.07, 6.45) is 2.60. The van der Waals surface area contributed by atoms with Crippen molar-refractivity contribution in [3.63, 3.8) is 0 Å². The third-order valence-corrected chi connectivity index (χ3v) is 13.1. The number of amides is 3. The number of fused-ring (bicyclic) bond motifs is 7. The molecule has 3 fully saturated rings. The fourth-order valence-electron chi connectivity index (χ4n) is 10.1. The van der Waals surface area contributed by atoms with Crippen LogP contribution < -0.4 is 10.1 Å². The largest absolute Gasteiger partial charge is 0.488 e. The van der Waals surface area contributed by atoms with E-state index in [-0.39, 0.29) is 29.8 Å². The quantitative estimate of drug-likeness (QED) is 0.123. The first-order valence-corrected chi connectivity index (χ1v) is 20.2. The average Bonchev–Trinajstić information content (AvgIpc) is 3.65. The van der Waals surface area contributed by atoms with E-state index < -0.39 is 29.2 Å². The molecule has 3 amide bonds. The standard InChI is InChI=1S/C44H51N7O7/c1-22(2)36(49-41(53)57-7)39(52)51-33-14-26(33)15-34(51)38-46-31-11-9-24-13-30-28-10-8-25(12-27(28)21-58-35(30)16-29(24)37(31)48-38)32-18-45-40(47-32)44(43(3,4)5)17-23(20-56-6)19-50(44)42(54)55/h8-13,16,18,22-23,26,33-34,36H,14-15,17,19-21H2,1-7H3,(H,45,47)(H,46,48)(H,49,53)(H,54,55)/t23-,26-,33-,34-,36-,44+/m0/s1. The van der Waals surface area contributed by atoms with Gasteiger partial charge in [-0.2, -0.15) is 0 Å². The predicted octanol–water partition coefficient (Wildman–Crippen LogP) is 7.60. The van der Waals surface area contributed by atoms with Crippen LogP contribution in [-0.4, -0.2) is 92.4 Å². The van der Waals surface area contributed by atoms with E-state index in [1.54, 1.807) is 18.2 Å². The Labute approximate surface area is 336 Å². The molecule has 1 saturated carbocycles. The van der Waals surface area contributed by atoms with Crippen molar-refractivity contribution in [2.75, 3.05) is 27.4 Å². The van der Waals surface area contributed by atoms with Gasteiger partial charge in [-0.05, 0) is 82.9 Å². The molecule has 14 nitrogen and oxygen atoms in total. The number of carboxylic acid groups (broad SMARTS) is 1. The molecule has 0 radical (unpaired) electrons. The second-order valence-corrected chi connectivity index (χ2v) is 17.9. The molecule has 2 saturated heterocycles. The summed E-state index contributed by atoms with van der Waals surface area (Å²) in [4.78, 5) is 59.3. The van der Waals surface area contributed by atoms with Crippen LogP contribution in [0.3, 0.4) is 0 Å². The second-order valence-electron chi connectivity index (χ2n) is 17.9. The van der Waals surface area contributed by atoms with Gasteiger partial charge in [0.1, 0.15) is 35.6 Å². The molecule has 3 aliphatic heterocycles. The zero-order valence-electron chi connectivity index (χ0n) is 34.0. The van der Waals surface area contributed by atoms with Crippen LogP contribution in [0.5, 0.6) is 5.75 Å². The summed E-state index contributed by atoms with van der Waals surface area (Å²) in [5.41, 5.74) is 5.27. The summed E-state index contributed by atoms with van der Waals surface area (Å²) in [5.74, 6) is 2.40. The molecular formula is C44H51N7O7. The lowest BCUT2D eigenvalue weighted by Gasteiger charge is -2.45. The van der Waals surface area contributed by atoms with Crippen LogP contribution in [0.2, 0.25) is 0 Å². The number of hydrogen-bond acceptors (Lipinski definition) is 8. The summed E-state index contributed by atoms with van der Waals surface area (Å²) in [6, 6.07) is 13.9. The number of alkyl carbamates (subject to hydrolysis) is 1. The number of benzene rings is 3. The van der Waals surface area contributed by atoms with Gasteiger partial charge < -0.3 is 39.5 Å². The fourth-order valence-corrected chi connectivity index (χ4v) is 10.1. The lowest BCUT2D eigenvalue weighted by molar-refractivity contribution is -0.136. The van der Waals surface area contributed by atoms with E-state index >= 15 is 0 Å². The van der Waals surface area contributed by atoms with E-state index in [9.17, 15) is 19.5 Å². The minimum absolute atomic E-state index is 0.0528. The van der Waals surface area contributed by atoms with Crippen LogP contribution in [0.1, 0.15) is 77.1 Å². The molecule has 3 aromatic carbocycles. The van der Waals surface area contributed by atoms with Crippen LogP contribution in [0.4, 0.5) is 9.59 Å². The van der Waals surface area contributed by atoms with Gasteiger partial charge in [0.05, 0.1) is 42.7 Å². The highest BCUT2D eigenvalue weighted by atomic mass is 16.5. The van der Waals surface area contributed by atoms with Crippen molar-refractivity contribution in [2.24, 2.45) is 23.2 Å². The van der Waals surface area contributed by atoms with Crippen LogP contribution in [0, 0.1) is 23.2 Å². The zero-order chi connectivity index (χ0) is 40.8. The first-order chi connectivity index (χ1) is 27.7. The van der Waals surface area contributed by atoms with Gasteiger partial charge >= 0.3 is 12.2 Å². The number of aromatic nitrogens is 4. The van der Waals surface area contributed by atoms with Crippen molar-refractivity contribution in [2.45, 2.75) is 84.2 Å². The fraction of sp³-hybridized carbons (Fsp3) is 0.477. The van der Waals surface area contributed by atoms with Crippen molar-refractivity contribution < 1.29 is 33.7 Å². The van der Waals surface area contributed by atoms with Crippen LogP contribution in [0.25, 0.3) is 44.2 Å². The topological polar surface area (TPSA) is 175 Å². The monoisotopic (exact) mass is 789 g/mol. The van der Waals surface area contributed by atoms with Gasteiger partial charge in [0.15, 0.2) is 0 Å². The molecule has 6 atom stereocenters. The lowest BCUT2D eigenvalue weighted by atomic mass is 9.70. The van der Waals surface area contributed by atoms with Gasteiger partial charge in [0.25, 0.3) is 0 Å². The van der Waals surface area contributed by atoms with E-state index in [2.05, 4.69) is 72.5 Å². The molecule has 5 aromatic rings. The number of carbonyl (C=O) groups excluding carboxylic acids is 2. The van der Waals surface area contributed by atoms with Crippen LogP contribution in [0.15, 0.2) is 48.7 Å². The SMILES string of the molecule is COC[C@@H]1CN(C(=O)O)[C@](c2ncc(-c3ccc4c(c3)COc3cc5c(ccc6nc([C@@H]7C[C@@H]8C[C@@H]8N7C(=O)[C@@H](NC(=O)OC)C(C)C)[nH]c65)cc3-4)[nH]2)(C(C)(C)C)C1.